The molecule has 128 valence electrons. The zero-order valence-electron chi connectivity index (χ0n) is 13.5. The van der Waals surface area contributed by atoms with E-state index in [0.717, 1.165) is 11.8 Å². The van der Waals surface area contributed by atoms with Gasteiger partial charge in [0.05, 0.1) is 11.5 Å². The third-order valence-electron chi connectivity index (χ3n) is 3.68. The maximum atomic E-state index is 12.2. The molecule has 3 aromatic rings. The lowest BCUT2D eigenvalue weighted by atomic mass is 10.2. The molecule has 0 saturated heterocycles. The molecule has 2 heterocycles. The molecule has 0 aliphatic heterocycles. The third-order valence-corrected chi connectivity index (χ3v) is 3.68. The summed E-state index contributed by atoms with van der Waals surface area (Å²) < 4.78 is 3.09. The lowest BCUT2D eigenvalue weighted by Gasteiger charge is -2.08. The SMILES string of the molecule is Cc1c([N+](=O)[O-])cnn1CC(=O)Nc1cccc(Cn2cccn2)c1. The summed E-state index contributed by atoms with van der Waals surface area (Å²) in [5.74, 6) is -0.308. The van der Waals surface area contributed by atoms with E-state index < -0.39 is 4.92 Å². The first-order valence-corrected chi connectivity index (χ1v) is 7.56. The second-order valence-electron chi connectivity index (χ2n) is 5.48. The molecule has 0 spiro atoms. The summed E-state index contributed by atoms with van der Waals surface area (Å²) in [4.78, 5) is 22.5. The number of hydrogen-bond acceptors (Lipinski definition) is 5. The van der Waals surface area contributed by atoms with Crippen molar-refractivity contribution in [3.8, 4) is 0 Å². The van der Waals surface area contributed by atoms with Crippen LogP contribution in [0.2, 0.25) is 0 Å². The van der Waals surface area contributed by atoms with Crippen molar-refractivity contribution in [3.63, 3.8) is 0 Å². The molecule has 2 aromatic heterocycles. The van der Waals surface area contributed by atoms with Crippen LogP contribution in [0, 0.1) is 17.0 Å². The van der Waals surface area contributed by atoms with Crippen molar-refractivity contribution in [3.05, 3.63) is 70.3 Å². The van der Waals surface area contributed by atoms with Gasteiger partial charge >= 0.3 is 5.69 Å². The van der Waals surface area contributed by atoms with Gasteiger partial charge in [0.1, 0.15) is 18.4 Å². The van der Waals surface area contributed by atoms with E-state index in [4.69, 9.17) is 0 Å². The minimum atomic E-state index is -0.518. The predicted molar refractivity (Wildman–Crippen MR) is 90.0 cm³/mol. The van der Waals surface area contributed by atoms with E-state index in [1.165, 1.54) is 4.68 Å². The Morgan fingerprint density at radius 3 is 2.84 bits per heavy atom. The fourth-order valence-electron chi connectivity index (χ4n) is 2.44. The smallest absolute Gasteiger partial charge is 0.309 e. The van der Waals surface area contributed by atoms with Gasteiger partial charge in [-0.05, 0) is 30.7 Å². The Balaban J connectivity index is 1.66. The molecule has 25 heavy (non-hydrogen) atoms. The summed E-state index contributed by atoms with van der Waals surface area (Å²) in [6, 6.07) is 9.27. The zero-order valence-corrected chi connectivity index (χ0v) is 13.5. The van der Waals surface area contributed by atoms with Gasteiger partial charge in [-0.25, -0.2) is 0 Å². The molecule has 9 nitrogen and oxygen atoms in total. The maximum Gasteiger partial charge on any atom is 0.309 e. The molecule has 0 unspecified atom stereocenters. The molecule has 3 rings (SSSR count). The zero-order chi connectivity index (χ0) is 17.8. The minimum absolute atomic E-state index is 0.0942. The summed E-state index contributed by atoms with van der Waals surface area (Å²) in [5, 5.41) is 21.6. The van der Waals surface area contributed by atoms with Crippen molar-refractivity contribution in [2.75, 3.05) is 5.32 Å². The number of nitrogens with one attached hydrogen (secondary N) is 1. The van der Waals surface area contributed by atoms with E-state index in [1.807, 2.05) is 30.5 Å². The summed E-state index contributed by atoms with van der Waals surface area (Å²) in [5.41, 5.74) is 1.88. The molecule has 1 N–H and O–H groups in total. The van der Waals surface area contributed by atoms with Crippen LogP contribution in [0.15, 0.2) is 48.9 Å². The second-order valence-corrected chi connectivity index (χ2v) is 5.48. The molecular weight excluding hydrogens is 324 g/mol. The normalized spacial score (nSPS) is 10.6. The van der Waals surface area contributed by atoms with Crippen molar-refractivity contribution in [2.24, 2.45) is 0 Å². The summed E-state index contributed by atoms with van der Waals surface area (Å²) in [7, 11) is 0. The number of aromatic nitrogens is 4. The predicted octanol–water partition coefficient (Wildman–Crippen LogP) is 1.98. The van der Waals surface area contributed by atoms with Crippen LogP contribution in [0.1, 0.15) is 11.3 Å². The molecule has 1 amide bonds. The minimum Gasteiger partial charge on any atom is -0.324 e. The topological polar surface area (TPSA) is 108 Å². The lowest BCUT2D eigenvalue weighted by molar-refractivity contribution is -0.385. The van der Waals surface area contributed by atoms with Gasteiger partial charge < -0.3 is 5.32 Å². The van der Waals surface area contributed by atoms with Crippen LogP contribution in [0.3, 0.4) is 0 Å². The Kier molecular flexibility index (Phi) is 4.55. The van der Waals surface area contributed by atoms with E-state index in [-0.39, 0.29) is 18.1 Å². The first kappa shape index (κ1) is 16.4. The van der Waals surface area contributed by atoms with Crippen LogP contribution >= 0.6 is 0 Å². The molecule has 9 heteroatoms. The highest BCUT2D eigenvalue weighted by molar-refractivity contribution is 5.90. The number of carbonyl (C=O) groups excluding carboxylic acids is 1. The van der Waals surface area contributed by atoms with Crippen LogP contribution in [-0.4, -0.2) is 30.4 Å². The number of rotatable bonds is 6. The van der Waals surface area contributed by atoms with Crippen molar-refractivity contribution in [2.45, 2.75) is 20.0 Å². The summed E-state index contributed by atoms with van der Waals surface area (Å²) in [6.07, 6.45) is 4.71. The number of nitro groups is 1. The molecule has 1 aromatic carbocycles. The van der Waals surface area contributed by atoms with Crippen molar-refractivity contribution >= 4 is 17.3 Å². The average Bonchev–Trinajstić information content (AvgIpc) is 3.18. The largest absolute Gasteiger partial charge is 0.324 e. The Morgan fingerprint density at radius 2 is 2.16 bits per heavy atom. The van der Waals surface area contributed by atoms with Crippen molar-refractivity contribution < 1.29 is 9.72 Å². The lowest BCUT2D eigenvalue weighted by Crippen LogP contribution is -2.20. The van der Waals surface area contributed by atoms with Gasteiger partial charge in [-0.15, -0.1) is 0 Å². The first-order valence-electron chi connectivity index (χ1n) is 7.56. The molecule has 0 atom stereocenters. The van der Waals surface area contributed by atoms with Crippen LogP contribution in [0.4, 0.5) is 11.4 Å². The van der Waals surface area contributed by atoms with Crippen LogP contribution < -0.4 is 5.32 Å². The molecular formula is C16H16N6O3. The van der Waals surface area contributed by atoms with Gasteiger partial charge in [0.15, 0.2) is 0 Å². The van der Waals surface area contributed by atoms with Gasteiger partial charge in [-0.1, -0.05) is 12.1 Å². The molecule has 0 fully saturated rings. The number of hydrogen-bond donors (Lipinski definition) is 1. The Hall–Kier alpha value is -3.49. The highest BCUT2D eigenvalue weighted by atomic mass is 16.6. The van der Waals surface area contributed by atoms with Gasteiger partial charge in [0.25, 0.3) is 0 Å². The number of amides is 1. The molecule has 0 radical (unpaired) electrons. The van der Waals surface area contributed by atoms with Crippen LogP contribution in [0.5, 0.6) is 0 Å². The van der Waals surface area contributed by atoms with E-state index in [2.05, 4.69) is 15.5 Å². The Bertz CT molecular complexity index is 900. The quantitative estimate of drug-likeness (QED) is 0.545. The Morgan fingerprint density at radius 1 is 1.32 bits per heavy atom. The second kappa shape index (κ2) is 6.95. The number of anilines is 1. The van der Waals surface area contributed by atoms with Crippen molar-refractivity contribution in [1.29, 1.82) is 0 Å². The van der Waals surface area contributed by atoms with E-state index in [9.17, 15) is 14.9 Å². The molecule has 0 saturated carbocycles. The van der Waals surface area contributed by atoms with Gasteiger partial charge in [-0.2, -0.15) is 10.2 Å². The summed E-state index contributed by atoms with van der Waals surface area (Å²) in [6.45, 7) is 2.06. The average molecular weight is 340 g/mol. The monoisotopic (exact) mass is 340 g/mol. The highest BCUT2D eigenvalue weighted by Crippen LogP contribution is 2.16. The standard InChI is InChI=1S/C16H16N6O3/c1-12-15(22(24)25)9-18-21(12)11-16(23)19-14-5-2-4-13(8-14)10-20-7-3-6-17-20/h2-9H,10-11H2,1H3,(H,19,23). The number of benzene rings is 1. The molecule has 0 aliphatic rings. The van der Waals surface area contributed by atoms with Crippen molar-refractivity contribution in [1.82, 2.24) is 19.6 Å². The van der Waals surface area contributed by atoms with Crippen LogP contribution in [-0.2, 0) is 17.9 Å². The number of nitrogens with zero attached hydrogens (tertiary/aromatic N) is 5. The van der Waals surface area contributed by atoms with E-state index in [0.29, 0.717) is 17.9 Å². The molecule has 0 bridgehead atoms. The first-order chi connectivity index (χ1) is 12.0. The summed E-state index contributed by atoms with van der Waals surface area (Å²) >= 11 is 0. The number of carbonyl (C=O) groups is 1. The van der Waals surface area contributed by atoms with Gasteiger partial charge in [0, 0.05) is 18.1 Å². The molecule has 0 aliphatic carbocycles. The van der Waals surface area contributed by atoms with E-state index in [1.54, 1.807) is 23.9 Å². The third kappa shape index (κ3) is 3.89. The maximum absolute atomic E-state index is 12.2. The fourth-order valence-corrected chi connectivity index (χ4v) is 2.44. The highest BCUT2D eigenvalue weighted by Gasteiger charge is 2.17. The van der Waals surface area contributed by atoms with Gasteiger partial charge in [0.2, 0.25) is 5.91 Å². The van der Waals surface area contributed by atoms with Crippen LogP contribution in [0.25, 0.3) is 0 Å². The Labute approximate surface area is 143 Å². The van der Waals surface area contributed by atoms with Gasteiger partial charge in [-0.3, -0.25) is 24.3 Å². The van der Waals surface area contributed by atoms with E-state index >= 15 is 0 Å². The fraction of sp³-hybridized carbons (Fsp3) is 0.188.